The van der Waals surface area contributed by atoms with E-state index in [9.17, 15) is 4.79 Å². The van der Waals surface area contributed by atoms with E-state index in [4.69, 9.17) is 28.9 Å². The number of nitrogens with zero attached hydrogens (tertiary/aromatic N) is 1. The smallest absolute Gasteiger partial charge is 0.141 e. The van der Waals surface area contributed by atoms with Gasteiger partial charge in [0.25, 0.3) is 0 Å². The van der Waals surface area contributed by atoms with Gasteiger partial charge in [0.05, 0.1) is 12.1 Å². The third kappa shape index (κ3) is 4.55. The SMILES string of the molecule is CC(c1ccc(Cl)cc1N)N1C(C=O)c2cc(I)ccc2NCC1c1ccc(Cl)cc1. The second-order valence-corrected chi connectivity index (χ2v) is 9.78. The van der Waals surface area contributed by atoms with Crippen LogP contribution in [0.15, 0.2) is 60.7 Å². The second-order valence-electron chi connectivity index (χ2n) is 7.66. The fourth-order valence-corrected chi connectivity index (χ4v) is 5.14. The van der Waals surface area contributed by atoms with Crippen molar-refractivity contribution >= 4 is 63.5 Å². The predicted octanol–water partition coefficient (Wildman–Crippen LogP) is 6.65. The lowest BCUT2D eigenvalue weighted by molar-refractivity contribution is -0.114. The number of fused-ring (bicyclic) bond motifs is 1. The lowest BCUT2D eigenvalue weighted by atomic mass is 9.95. The number of aldehydes is 1. The van der Waals surface area contributed by atoms with Gasteiger partial charge in [0.15, 0.2) is 0 Å². The summed E-state index contributed by atoms with van der Waals surface area (Å²) in [5.74, 6) is 0. The number of halogens is 3. The molecule has 0 amide bonds. The van der Waals surface area contributed by atoms with Crippen molar-refractivity contribution in [1.82, 2.24) is 4.90 Å². The predicted molar refractivity (Wildman–Crippen MR) is 137 cm³/mol. The van der Waals surface area contributed by atoms with Gasteiger partial charge >= 0.3 is 0 Å². The Bertz CT molecular complexity index is 1110. The van der Waals surface area contributed by atoms with Crippen LogP contribution in [0.3, 0.4) is 0 Å². The number of carbonyl (C=O) groups excluding carboxylic acids is 1. The Labute approximate surface area is 205 Å². The molecule has 1 heterocycles. The zero-order valence-corrected chi connectivity index (χ0v) is 20.5. The highest BCUT2D eigenvalue weighted by molar-refractivity contribution is 14.1. The molecule has 0 saturated carbocycles. The maximum Gasteiger partial charge on any atom is 0.141 e. The van der Waals surface area contributed by atoms with Gasteiger partial charge in [-0.1, -0.05) is 41.4 Å². The van der Waals surface area contributed by atoms with E-state index in [1.54, 1.807) is 6.07 Å². The Morgan fingerprint density at radius 3 is 2.48 bits per heavy atom. The molecule has 4 rings (SSSR count). The van der Waals surface area contributed by atoms with Gasteiger partial charge < -0.3 is 15.8 Å². The first-order valence-corrected chi connectivity index (χ1v) is 11.8. The quantitative estimate of drug-likeness (QED) is 0.211. The molecule has 3 atom stereocenters. The Balaban J connectivity index is 1.88. The van der Waals surface area contributed by atoms with Crippen LogP contribution < -0.4 is 11.1 Å². The van der Waals surface area contributed by atoms with Crippen LogP contribution in [-0.4, -0.2) is 17.7 Å². The van der Waals surface area contributed by atoms with E-state index < -0.39 is 6.04 Å². The van der Waals surface area contributed by atoms with Crippen LogP contribution in [0.4, 0.5) is 11.4 Å². The van der Waals surface area contributed by atoms with Crippen molar-refractivity contribution in [2.75, 3.05) is 17.6 Å². The van der Waals surface area contributed by atoms with Crippen molar-refractivity contribution in [3.05, 3.63) is 91.0 Å². The van der Waals surface area contributed by atoms with Crippen LogP contribution in [-0.2, 0) is 4.79 Å². The summed E-state index contributed by atoms with van der Waals surface area (Å²) in [5, 5.41) is 4.82. The zero-order valence-electron chi connectivity index (χ0n) is 16.9. The maximum atomic E-state index is 12.6. The molecular formula is C24H22Cl2IN3O. The first-order valence-electron chi connectivity index (χ1n) is 9.95. The number of benzene rings is 3. The molecule has 4 nitrogen and oxygen atoms in total. The van der Waals surface area contributed by atoms with Crippen LogP contribution >= 0.6 is 45.8 Å². The number of rotatable bonds is 4. The average molecular weight is 566 g/mol. The summed E-state index contributed by atoms with van der Waals surface area (Å²) >= 11 is 14.6. The molecule has 3 aromatic carbocycles. The van der Waals surface area contributed by atoms with E-state index in [0.717, 1.165) is 32.2 Å². The molecule has 0 radical (unpaired) electrons. The highest BCUT2D eigenvalue weighted by Crippen LogP contribution is 2.44. The molecule has 0 fully saturated rings. The fraction of sp³-hybridized carbons (Fsp3) is 0.208. The van der Waals surface area contributed by atoms with Crippen LogP contribution in [0, 0.1) is 3.57 Å². The zero-order chi connectivity index (χ0) is 22.1. The molecule has 160 valence electrons. The van der Waals surface area contributed by atoms with Crippen LogP contribution in [0.5, 0.6) is 0 Å². The average Bonchev–Trinajstić information content (AvgIpc) is 2.90. The Kier molecular flexibility index (Phi) is 6.77. The third-order valence-corrected chi connectivity index (χ3v) is 6.99. The standard InChI is InChI=1S/C24H22Cl2IN3O/c1-14(19-8-6-17(26)10-21(19)28)30-23(15-2-4-16(25)5-3-15)12-29-22-9-7-18(27)11-20(22)24(30)13-31/h2-11,13-14,23-24,29H,12,28H2,1H3. The summed E-state index contributed by atoms with van der Waals surface area (Å²) < 4.78 is 1.08. The highest BCUT2D eigenvalue weighted by atomic mass is 127. The van der Waals surface area contributed by atoms with E-state index in [2.05, 4.69) is 45.8 Å². The van der Waals surface area contributed by atoms with Gasteiger partial charge in [0.2, 0.25) is 0 Å². The number of hydrogen-bond donors (Lipinski definition) is 2. The van der Waals surface area contributed by atoms with Crippen molar-refractivity contribution in [3.8, 4) is 0 Å². The minimum Gasteiger partial charge on any atom is -0.398 e. The van der Waals surface area contributed by atoms with E-state index in [1.165, 1.54) is 0 Å². The number of anilines is 2. The molecule has 0 spiro atoms. The van der Waals surface area contributed by atoms with Gasteiger partial charge in [0.1, 0.15) is 6.29 Å². The number of hydrogen-bond acceptors (Lipinski definition) is 4. The summed E-state index contributed by atoms with van der Waals surface area (Å²) in [7, 11) is 0. The molecule has 1 aliphatic rings. The van der Waals surface area contributed by atoms with Crippen molar-refractivity contribution in [3.63, 3.8) is 0 Å². The largest absolute Gasteiger partial charge is 0.398 e. The topological polar surface area (TPSA) is 58.4 Å². The monoisotopic (exact) mass is 565 g/mol. The lowest BCUT2D eigenvalue weighted by Crippen LogP contribution is -2.37. The van der Waals surface area contributed by atoms with Gasteiger partial charge in [-0.15, -0.1) is 0 Å². The van der Waals surface area contributed by atoms with Crippen LogP contribution in [0.1, 0.15) is 41.7 Å². The molecule has 1 aliphatic heterocycles. The van der Waals surface area contributed by atoms with Gasteiger partial charge in [-0.05, 0) is 83.1 Å². The van der Waals surface area contributed by atoms with Gasteiger partial charge in [-0.2, -0.15) is 0 Å². The minimum absolute atomic E-state index is 0.0809. The number of nitrogens with one attached hydrogen (secondary N) is 1. The number of nitrogen functional groups attached to an aromatic ring is 1. The molecule has 7 heteroatoms. The molecule has 3 N–H and O–H groups in total. The van der Waals surface area contributed by atoms with Crippen molar-refractivity contribution in [2.45, 2.75) is 25.0 Å². The summed E-state index contributed by atoms with van der Waals surface area (Å²) in [4.78, 5) is 14.8. The second kappa shape index (κ2) is 9.36. The first-order chi connectivity index (χ1) is 14.9. The number of nitrogens with two attached hydrogens (primary N) is 1. The van der Waals surface area contributed by atoms with Gasteiger partial charge in [-0.3, -0.25) is 4.90 Å². The Morgan fingerprint density at radius 2 is 1.81 bits per heavy atom. The molecule has 0 aromatic heterocycles. The molecule has 0 bridgehead atoms. The van der Waals surface area contributed by atoms with Crippen molar-refractivity contribution < 1.29 is 4.79 Å². The van der Waals surface area contributed by atoms with Crippen LogP contribution in [0.25, 0.3) is 0 Å². The highest BCUT2D eigenvalue weighted by Gasteiger charge is 2.37. The molecule has 3 aromatic rings. The summed E-state index contributed by atoms with van der Waals surface area (Å²) in [6.45, 7) is 2.72. The molecule has 0 aliphatic carbocycles. The Morgan fingerprint density at radius 1 is 1.10 bits per heavy atom. The summed E-state index contributed by atoms with van der Waals surface area (Å²) in [6.07, 6.45) is 1.02. The van der Waals surface area contributed by atoms with Crippen molar-refractivity contribution in [2.24, 2.45) is 0 Å². The number of carbonyl (C=O) groups is 1. The van der Waals surface area contributed by atoms with E-state index >= 15 is 0 Å². The molecule has 31 heavy (non-hydrogen) atoms. The molecular weight excluding hydrogens is 544 g/mol. The minimum atomic E-state index is -0.453. The molecule has 3 unspecified atom stereocenters. The van der Waals surface area contributed by atoms with Crippen molar-refractivity contribution in [1.29, 1.82) is 0 Å². The van der Waals surface area contributed by atoms with E-state index in [1.807, 2.05) is 48.5 Å². The normalized spacial score (nSPS) is 19.7. The van der Waals surface area contributed by atoms with Gasteiger partial charge in [0, 0.05) is 43.1 Å². The van der Waals surface area contributed by atoms with Crippen LogP contribution in [0.2, 0.25) is 10.0 Å². The lowest BCUT2D eigenvalue weighted by Gasteiger charge is -2.39. The van der Waals surface area contributed by atoms with E-state index in [0.29, 0.717) is 22.3 Å². The first kappa shape index (κ1) is 22.4. The van der Waals surface area contributed by atoms with E-state index in [-0.39, 0.29) is 12.1 Å². The fourth-order valence-electron chi connectivity index (χ4n) is 4.32. The summed E-state index contributed by atoms with van der Waals surface area (Å²) in [5.41, 5.74) is 10.9. The Hall–Kier alpha value is -1.80. The molecule has 0 saturated heterocycles. The van der Waals surface area contributed by atoms with Gasteiger partial charge in [-0.25, -0.2) is 0 Å². The third-order valence-electron chi connectivity index (χ3n) is 5.83. The maximum absolute atomic E-state index is 12.6. The summed E-state index contributed by atoms with van der Waals surface area (Å²) in [6, 6.07) is 18.8.